The second-order valence-electron chi connectivity index (χ2n) is 4.11. The third kappa shape index (κ3) is 3.51. The average molecular weight is 284 g/mol. The lowest BCUT2D eigenvalue weighted by Gasteiger charge is -2.26. The molecule has 1 aromatic carbocycles. The third-order valence-electron chi connectivity index (χ3n) is 2.75. The van der Waals surface area contributed by atoms with Crippen molar-refractivity contribution in [2.45, 2.75) is 40.0 Å². The summed E-state index contributed by atoms with van der Waals surface area (Å²) in [7, 11) is 0. The van der Waals surface area contributed by atoms with Crippen molar-refractivity contribution >= 4 is 21.6 Å². The van der Waals surface area contributed by atoms with Crippen LogP contribution in [0.5, 0.6) is 0 Å². The van der Waals surface area contributed by atoms with Gasteiger partial charge in [-0.25, -0.2) is 0 Å². The van der Waals surface area contributed by atoms with Gasteiger partial charge in [0.15, 0.2) is 0 Å². The number of aryl methyl sites for hydroxylation is 1. The first kappa shape index (κ1) is 13.6. The summed E-state index contributed by atoms with van der Waals surface area (Å²) in [5.41, 5.74) is 2.85. The van der Waals surface area contributed by atoms with Gasteiger partial charge in [0.2, 0.25) is 0 Å². The van der Waals surface area contributed by atoms with E-state index < -0.39 is 0 Å². The number of halogens is 1. The highest BCUT2D eigenvalue weighted by Gasteiger charge is 2.08. The van der Waals surface area contributed by atoms with Crippen molar-refractivity contribution in [2.24, 2.45) is 0 Å². The Hall–Kier alpha value is -0.500. The molecular formula is C14H22BrN. The second-order valence-corrected chi connectivity index (χ2v) is 5.03. The highest BCUT2D eigenvalue weighted by Crippen LogP contribution is 2.25. The summed E-state index contributed by atoms with van der Waals surface area (Å²) in [6.45, 7) is 9.02. The maximum Gasteiger partial charge on any atom is 0.0399 e. The van der Waals surface area contributed by atoms with E-state index in [1.165, 1.54) is 28.6 Å². The Morgan fingerprint density at radius 3 is 2.19 bits per heavy atom. The lowest BCUT2D eigenvalue weighted by molar-refractivity contribution is 0.740. The van der Waals surface area contributed by atoms with Gasteiger partial charge in [-0.2, -0.15) is 0 Å². The first-order chi connectivity index (χ1) is 7.72. The Bertz CT molecular complexity index is 317. The summed E-state index contributed by atoms with van der Waals surface area (Å²) < 4.78 is 1.18. The van der Waals surface area contributed by atoms with E-state index in [4.69, 9.17) is 0 Å². The molecule has 1 rings (SSSR count). The molecule has 0 spiro atoms. The molecule has 0 N–H and O–H groups in total. The van der Waals surface area contributed by atoms with Crippen molar-refractivity contribution in [3.63, 3.8) is 0 Å². The van der Waals surface area contributed by atoms with Gasteiger partial charge in [-0.1, -0.05) is 36.7 Å². The number of hydrogen-bond acceptors (Lipinski definition) is 1. The molecular weight excluding hydrogens is 262 g/mol. The highest BCUT2D eigenvalue weighted by molar-refractivity contribution is 9.10. The van der Waals surface area contributed by atoms with Crippen LogP contribution in [0.25, 0.3) is 0 Å². The molecule has 0 amide bonds. The van der Waals surface area contributed by atoms with E-state index in [2.05, 4.69) is 59.8 Å². The predicted molar refractivity (Wildman–Crippen MR) is 76.3 cm³/mol. The highest BCUT2D eigenvalue weighted by atomic mass is 79.9. The van der Waals surface area contributed by atoms with Gasteiger partial charge < -0.3 is 4.90 Å². The Labute approximate surface area is 108 Å². The van der Waals surface area contributed by atoms with Crippen molar-refractivity contribution in [3.05, 3.63) is 28.2 Å². The summed E-state index contributed by atoms with van der Waals surface area (Å²) >= 11 is 3.55. The van der Waals surface area contributed by atoms with Crippen LogP contribution in [0.2, 0.25) is 0 Å². The molecule has 0 saturated heterocycles. The standard InChI is InChI=1S/C14H22BrN/c1-4-9-16(10-5-2)14-8-7-13(15)11-12(14)6-3/h7-8,11H,4-6,9-10H2,1-3H3. The largest absolute Gasteiger partial charge is 0.371 e. The molecule has 16 heavy (non-hydrogen) atoms. The van der Waals surface area contributed by atoms with Gasteiger partial charge in [-0.3, -0.25) is 0 Å². The third-order valence-corrected chi connectivity index (χ3v) is 3.24. The summed E-state index contributed by atoms with van der Waals surface area (Å²) in [6.07, 6.45) is 3.51. The van der Waals surface area contributed by atoms with E-state index in [0.29, 0.717) is 0 Å². The molecule has 1 nitrogen and oxygen atoms in total. The van der Waals surface area contributed by atoms with Gasteiger partial charge in [0.05, 0.1) is 0 Å². The van der Waals surface area contributed by atoms with Gasteiger partial charge in [0, 0.05) is 23.2 Å². The average Bonchev–Trinajstić information content (AvgIpc) is 2.28. The zero-order valence-corrected chi connectivity index (χ0v) is 12.2. The fourth-order valence-corrected chi connectivity index (χ4v) is 2.45. The van der Waals surface area contributed by atoms with Gasteiger partial charge in [0.25, 0.3) is 0 Å². The van der Waals surface area contributed by atoms with Crippen LogP contribution in [0.4, 0.5) is 5.69 Å². The molecule has 0 atom stereocenters. The number of nitrogens with zero attached hydrogens (tertiary/aromatic N) is 1. The molecule has 0 fully saturated rings. The topological polar surface area (TPSA) is 3.24 Å². The molecule has 0 radical (unpaired) electrons. The Kier molecular flexibility index (Phi) is 5.89. The first-order valence-corrected chi connectivity index (χ1v) is 7.05. The molecule has 0 aliphatic heterocycles. The van der Waals surface area contributed by atoms with Crippen molar-refractivity contribution in [1.82, 2.24) is 0 Å². The fraction of sp³-hybridized carbons (Fsp3) is 0.571. The van der Waals surface area contributed by atoms with Gasteiger partial charge in [-0.05, 0) is 43.0 Å². The Morgan fingerprint density at radius 2 is 1.69 bits per heavy atom. The second kappa shape index (κ2) is 6.95. The minimum Gasteiger partial charge on any atom is -0.371 e. The van der Waals surface area contributed by atoms with Crippen molar-refractivity contribution in [2.75, 3.05) is 18.0 Å². The SMILES string of the molecule is CCCN(CCC)c1ccc(Br)cc1CC. The van der Waals surface area contributed by atoms with Crippen LogP contribution in [0.15, 0.2) is 22.7 Å². The quantitative estimate of drug-likeness (QED) is 0.735. The van der Waals surface area contributed by atoms with Crippen LogP contribution in [0, 0.1) is 0 Å². The van der Waals surface area contributed by atoms with E-state index >= 15 is 0 Å². The minimum absolute atomic E-state index is 1.10. The summed E-state index contributed by atoms with van der Waals surface area (Å²) in [5, 5.41) is 0. The van der Waals surface area contributed by atoms with Crippen LogP contribution in [-0.4, -0.2) is 13.1 Å². The van der Waals surface area contributed by atoms with Gasteiger partial charge in [0.1, 0.15) is 0 Å². The summed E-state index contributed by atoms with van der Waals surface area (Å²) in [4.78, 5) is 2.51. The number of benzene rings is 1. The van der Waals surface area contributed by atoms with Gasteiger partial charge in [-0.15, -0.1) is 0 Å². The molecule has 0 saturated carbocycles. The van der Waals surface area contributed by atoms with Crippen LogP contribution >= 0.6 is 15.9 Å². The van der Waals surface area contributed by atoms with Crippen LogP contribution in [-0.2, 0) is 6.42 Å². The molecule has 1 aromatic rings. The van der Waals surface area contributed by atoms with E-state index in [1.54, 1.807) is 0 Å². The molecule has 0 aliphatic carbocycles. The van der Waals surface area contributed by atoms with E-state index in [9.17, 15) is 0 Å². The molecule has 0 aliphatic rings. The molecule has 0 heterocycles. The van der Waals surface area contributed by atoms with Crippen molar-refractivity contribution in [1.29, 1.82) is 0 Å². The molecule has 0 unspecified atom stereocenters. The fourth-order valence-electron chi connectivity index (χ4n) is 2.04. The van der Waals surface area contributed by atoms with E-state index in [1.807, 2.05) is 0 Å². The first-order valence-electron chi connectivity index (χ1n) is 6.26. The normalized spacial score (nSPS) is 10.5. The molecule has 90 valence electrons. The van der Waals surface area contributed by atoms with Crippen molar-refractivity contribution < 1.29 is 0 Å². The summed E-state index contributed by atoms with van der Waals surface area (Å²) in [6, 6.07) is 6.63. The monoisotopic (exact) mass is 283 g/mol. The van der Waals surface area contributed by atoms with E-state index in [0.717, 1.165) is 19.5 Å². The molecule has 2 heteroatoms. The number of rotatable bonds is 6. The van der Waals surface area contributed by atoms with E-state index in [-0.39, 0.29) is 0 Å². The molecule has 0 aromatic heterocycles. The molecule has 0 bridgehead atoms. The van der Waals surface area contributed by atoms with Crippen molar-refractivity contribution in [3.8, 4) is 0 Å². The lowest BCUT2D eigenvalue weighted by Crippen LogP contribution is -2.25. The van der Waals surface area contributed by atoms with Gasteiger partial charge >= 0.3 is 0 Å². The minimum atomic E-state index is 1.10. The number of hydrogen-bond donors (Lipinski definition) is 0. The summed E-state index contributed by atoms with van der Waals surface area (Å²) in [5.74, 6) is 0. The maximum absolute atomic E-state index is 3.55. The smallest absolute Gasteiger partial charge is 0.0399 e. The predicted octanol–water partition coefficient (Wildman–Crippen LogP) is 4.64. The Morgan fingerprint density at radius 1 is 1.06 bits per heavy atom. The zero-order valence-electron chi connectivity index (χ0n) is 10.6. The maximum atomic E-state index is 3.55. The van der Waals surface area contributed by atoms with Crippen LogP contribution < -0.4 is 4.90 Å². The van der Waals surface area contributed by atoms with Crippen LogP contribution in [0.3, 0.4) is 0 Å². The van der Waals surface area contributed by atoms with Crippen LogP contribution in [0.1, 0.15) is 39.2 Å². The number of anilines is 1. The Balaban J connectivity index is 2.97. The lowest BCUT2D eigenvalue weighted by atomic mass is 10.1. The zero-order chi connectivity index (χ0) is 12.0.